The van der Waals surface area contributed by atoms with E-state index in [1.807, 2.05) is 13.8 Å². The van der Waals surface area contributed by atoms with Gasteiger partial charge in [0.25, 0.3) is 0 Å². The van der Waals surface area contributed by atoms with E-state index in [2.05, 4.69) is 30.9 Å². The zero-order valence-electron chi connectivity index (χ0n) is 12.7. The molecule has 108 valence electrons. The molecule has 1 rings (SSSR count). The Morgan fingerprint density at radius 1 is 1.37 bits per heavy atom. The summed E-state index contributed by atoms with van der Waals surface area (Å²) in [5.41, 5.74) is -0.130. The minimum absolute atomic E-state index is 0.0430. The highest BCUT2D eigenvalue weighted by Gasteiger charge is 2.32. The van der Waals surface area contributed by atoms with Crippen LogP contribution in [0.2, 0.25) is 0 Å². The lowest BCUT2D eigenvalue weighted by Gasteiger charge is -2.27. The Balaban J connectivity index is 3.02. The molecule has 0 saturated carbocycles. The summed E-state index contributed by atoms with van der Waals surface area (Å²) in [7, 11) is 0. The van der Waals surface area contributed by atoms with Crippen molar-refractivity contribution in [1.29, 1.82) is 0 Å². The summed E-state index contributed by atoms with van der Waals surface area (Å²) in [6.45, 7) is 12.2. The third-order valence-corrected chi connectivity index (χ3v) is 3.01. The Kier molecular flexibility index (Phi) is 5.23. The van der Waals surface area contributed by atoms with E-state index in [1.54, 1.807) is 6.92 Å². The van der Waals surface area contributed by atoms with Gasteiger partial charge in [0.15, 0.2) is 0 Å². The topological polar surface area (TPSA) is 65.2 Å². The Morgan fingerprint density at radius 2 is 2.00 bits per heavy atom. The molecule has 5 nitrogen and oxygen atoms in total. The largest absolute Gasteiger partial charge is 0.370 e. The standard InChI is InChI=1S/C14H24N2O3/c1-7-10(9(3)17)13-15-12(16-19-13)11(18-8-2)14(4,5)6/h10-11H,7-8H2,1-6H3. The molecule has 0 N–H and O–H groups in total. The maximum atomic E-state index is 11.5. The zero-order chi connectivity index (χ0) is 14.6. The maximum Gasteiger partial charge on any atom is 0.237 e. The van der Waals surface area contributed by atoms with Crippen molar-refractivity contribution in [2.24, 2.45) is 5.41 Å². The highest BCUT2D eigenvalue weighted by atomic mass is 16.5. The van der Waals surface area contributed by atoms with Gasteiger partial charge in [0, 0.05) is 6.61 Å². The molecule has 2 atom stereocenters. The van der Waals surface area contributed by atoms with Crippen molar-refractivity contribution in [3.8, 4) is 0 Å². The van der Waals surface area contributed by atoms with Crippen molar-refractivity contribution in [3.05, 3.63) is 11.7 Å². The van der Waals surface area contributed by atoms with Crippen molar-refractivity contribution in [1.82, 2.24) is 10.1 Å². The number of hydrogen-bond acceptors (Lipinski definition) is 5. The molecular formula is C14H24N2O3. The normalized spacial score (nSPS) is 15.3. The number of ether oxygens (including phenoxy) is 1. The molecule has 0 radical (unpaired) electrons. The second-order valence-corrected chi connectivity index (χ2v) is 5.76. The van der Waals surface area contributed by atoms with E-state index in [1.165, 1.54) is 0 Å². The molecule has 0 spiro atoms. The summed E-state index contributed by atoms with van der Waals surface area (Å²) in [6, 6.07) is 0. The van der Waals surface area contributed by atoms with Crippen molar-refractivity contribution in [3.63, 3.8) is 0 Å². The molecule has 0 amide bonds. The van der Waals surface area contributed by atoms with Crippen LogP contribution in [0, 0.1) is 5.41 Å². The molecule has 5 heteroatoms. The van der Waals surface area contributed by atoms with E-state index in [9.17, 15) is 4.79 Å². The number of carbonyl (C=O) groups excluding carboxylic acids is 1. The molecule has 19 heavy (non-hydrogen) atoms. The number of rotatable bonds is 6. The quantitative estimate of drug-likeness (QED) is 0.792. The smallest absolute Gasteiger partial charge is 0.237 e. The fraction of sp³-hybridized carbons (Fsp3) is 0.786. The predicted molar refractivity (Wildman–Crippen MR) is 71.8 cm³/mol. The lowest BCUT2D eigenvalue weighted by atomic mass is 9.88. The summed E-state index contributed by atoms with van der Waals surface area (Å²) in [6.07, 6.45) is 0.422. The second-order valence-electron chi connectivity index (χ2n) is 5.76. The molecule has 0 saturated heterocycles. The summed E-state index contributed by atoms with van der Waals surface area (Å²) in [4.78, 5) is 15.9. The molecule has 0 aromatic carbocycles. The number of nitrogens with zero attached hydrogens (tertiary/aromatic N) is 2. The minimum Gasteiger partial charge on any atom is -0.370 e. The van der Waals surface area contributed by atoms with Crippen LogP contribution in [-0.2, 0) is 9.53 Å². The SMILES string of the molecule is CCOC(c1noc(C(CC)C(C)=O)n1)C(C)(C)C. The highest BCUT2D eigenvalue weighted by molar-refractivity contribution is 5.82. The van der Waals surface area contributed by atoms with Crippen molar-refractivity contribution in [2.75, 3.05) is 6.61 Å². The van der Waals surface area contributed by atoms with Gasteiger partial charge in [0.1, 0.15) is 11.9 Å². The number of hydrogen-bond donors (Lipinski definition) is 0. The Hall–Kier alpha value is -1.23. The third-order valence-electron chi connectivity index (χ3n) is 3.01. The van der Waals surface area contributed by atoms with E-state index in [4.69, 9.17) is 9.26 Å². The number of Topliss-reactive ketones (excluding diaryl/α,β-unsaturated/α-hetero) is 1. The minimum atomic E-state index is -0.316. The first-order chi connectivity index (χ1) is 8.81. The van der Waals surface area contributed by atoms with E-state index in [-0.39, 0.29) is 23.2 Å². The Labute approximate surface area is 114 Å². The molecular weight excluding hydrogens is 244 g/mol. The first-order valence-electron chi connectivity index (χ1n) is 6.76. The van der Waals surface area contributed by atoms with Crippen molar-refractivity contribution in [2.45, 2.75) is 60.0 Å². The highest BCUT2D eigenvalue weighted by Crippen LogP contribution is 2.35. The van der Waals surface area contributed by atoms with Crippen molar-refractivity contribution >= 4 is 5.78 Å². The van der Waals surface area contributed by atoms with Crippen LogP contribution in [0.4, 0.5) is 0 Å². The average molecular weight is 268 g/mol. The van der Waals surface area contributed by atoms with Gasteiger partial charge in [-0.3, -0.25) is 4.79 Å². The molecule has 2 unspecified atom stereocenters. The van der Waals surface area contributed by atoms with Crippen LogP contribution >= 0.6 is 0 Å². The van der Waals surface area contributed by atoms with Gasteiger partial charge in [-0.15, -0.1) is 0 Å². The van der Waals surface area contributed by atoms with Crippen LogP contribution < -0.4 is 0 Å². The third kappa shape index (κ3) is 3.86. The molecule has 1 heterocycles. The molecule has 1 aromatic heterocycles. The molecule has 0 aliphatic carbocycles. The van der Waals surface area contributed by atoms with E-state index in [0.29, 0.717) is 24.7 Å². The number of carbonyl (C=O) groups is 1. The summed E-state index contributed by atoms with van der Waals surface area (Å²) < 4.78 is 10.9. The number of ketones is 1. The predicted octanol–water partition coefficient (Wildman–Crippen LogP) is 3.28. The van der Waals surface area contributed by atoms with Gasteiger partial charge in [-0.2, -0.15) is 4.98 Å². The Morgan fingerprint density at radius 3 is 2.42 bits per heavy atom. The molecule has 0 aliphatic heterocycles. The maximum absolute atomic E-state index is 11.5. The first kappa shape index (κ1) is 15.8. The van der Waals surface area contributed by atoms with Crippen LogP contribution in [-0.4, -0.2) is 22.5 Å². The summed E-state index contributed by atoms with van der Waals surface area (Å²) in [5, 5.41) is 3.99. The fourth-order valence-corrected chi connectivity index (χ4v) is 2.01. The van der Waals surface area contributed by atoms with Gasteiger partial charge >= 0.3 is 0 Å². The first-order valence-corrected chi connectivity index (χ1v) is 6.76. The fourth-order valence-electron chi connectivity index (χ4n) is 2.01. The lowest BCUT2D eigenvalue weighted by molar-refractivity contribution is -0.119. The number of aromatic nitrogens is 2. The molecule has 0 fully saturated rings. The van der Waals surface area contributed by atoms with Crippen LogP contribution in [0.25, 0.3) is 0 Å². The lowest BCUT2D eigenvalue weighted by Crippen LogP contribution is -2.22. The summed E-state index contributed by atoms with van der Waals surface area (Å²) >= 11 is 0. The monoisotopic (exact) mass is 268 g/mol. The van der Waals surface area contributed by atoms with Gasteiger partial charge in [0.05, 0.1) is 5.92 Å². The van der Waals surface area contributed by atoms with E-state index < -0.39 is 0 Å². The molecule has 0 bridgehead atoms. The van der Waals surface area contributed by atoms with Crippen LogP contribution in [0.1, 0.15) is 71.7 Å². The van der Waals surface area contributed by atoms with E-state index in [0.717, 1.165) is 0 Å². The van der Waals surface area contributed by atoms with Gasteiger partial charge in [-0.1, -0.05) is 32.9 Å². The van der Waals surface area contributed by atoms with Gasteiger partial charge < -0.3 is 9.26 Å². The average Bonchev–Trinajstić information content (AvgIpc) is 2.73. The van der Waals surface area contributed by atoms with Gasteiger partial charge in [-0.05, 0) is 25.7 Å². The Bertz CT molecular complexity index is 421. The van der Waals surface area contributed by atoms with Gasteiger partial charge in [0.2, 0.25) is 11.7 Å². The van der Waals surface area contributed by atoms with Crippen molar-refractivity contribution < 1.29 is 14.1 Å². The van der Waals surface area contributed by atoms with Gasteiger partial charge in [-0.25, -0.2) is 0 Å². The molecule has 1 aromatic rings. The zero-order valence-corrected chi connectivity index (χ0v) is 12.7. The van der Waals surface area contributed by atoms with Crippen LogP contribution in [0.3, 0.4) is 0 Å². The van der Waals surface area contributed by atoms with Crippen LogP contribution in [0.15, 0.2) is 4.52 Å². The molecule has 0 aliphatic rings. The van der Waals surface area contributed by atoms with E-state index >= 15 is 0 Å². The summed E-state index contributed by atoms with van der Waals surface area (Å²) in [5.74, 6) is 0.632. The van der Waals surface area contributed by atoms with Crippen LogP contribution in [0.5, 0.6) is 0 Å². The second kappa shape index (κ2) is 6.28.